The second kappa shape index (κ2) is 7.22. The van der Waals surface area contributed by atoms with Crippen LogP contribution in [-0.4, -0.2) is 15.9 Å². The number of nitrogens with one attached hydrogen (secondary N) is 1. The zero-order valence-corrected chi connectivity index (χ0v) is 11.2. The maximum Gasteiger partial charge on any atom is 0.221 e. The van der Waals surface area contributed by atoms with E-state index in [1.54, 1.807) is 0 Å². The topological polar surface area (TPSA) is 46.2 Å². The van der Waals surface area contributed by atoms with Gasteiger partial charge >= 0.3 is 0 Å². The Balaban J connectivity index is 2.59. The molecule has 0 aliphatic carbocycles. The molecule has 0 fully saturated rings. The highest BCUT2D eigenvalue weighted by Gasteiger charge is 2.03. The van der Waals surface area contributed by atoms with E-state index in [9.17, 15) is 9.00 Å². The Bertz CT molecular complexity index is 404. The first-order valence-corrected chi connectivity index (χ1v) is 7.32. The Morgan fingerprint density at radius 1 is 1.41 bits per heavy atom. The van der Waals surface area contributed by atoms with Crippen molar-refractivity contribution < 1.29 is 9.00 Å². The third kappa shape index (κ3) is 5.63. The van der Waals surface area contributed by atoms with Gasteiger partial charge in [-0.2, -0.15) is 0 Å². The molecule has 0 aliphatic rings. The van der Waals surface area contributed by atoms with Gasteiger partial charge in [0.1, 0.15) is 0 Å². The van der Waals surface area contributed by atoms with Gasteiger partial charge in [0.15, 0.2) is 0 Å². The number of amides is 1. The summed E-state index contributed by atoms with van der Waals surface area (Å²) in [4.78, 5) is 10.9. The molecule has 0 aromatic heterocycles. The van der Waals surface area contributed by atoms with E-state index in [1.165, 1.54) is 6.92 Å². The number of unbranched alkanes of at least 4 members (excludes halogenated alkanes) is 1. The zero-order valence-electron chi connectivity index (χ0n) is 10.4. The first kappa shape index (κ1) is 13.9. The summed E-state index contributed by atoms with van der Waals surface area (Å²) in [6, 6.07) is 7.53. The molecule has 0 bridgehead atoms. The van der Waals surface area contributed by atoms with Crippen LogP contribution in [0.1, 0.15) is 32.3 Å². The molecule has 0 saturated heterocycles. The van der Waals surface area contributed by atoms with Crippen LogP contribution in [0, 0.1) is 0 Å². The molecule has 17 heavy (non-hydrogen) atoms. The van der Waals surface area contributed by atoms with Gasteiger partial charge in [0, 0.05) is 34.9 Å². The van der Waals surface area contributed by atoms with E-state index in [0.29, 0.717) is 5.75 Å². The minimum Gasteiger partial charge on any atom is -0.326 e. The van der Waals surface area contributed by atoms with Crippen LogP contribution in [0.25, 0.3) is 0 Å². The molecular weight excluding hydrogens is 234 g/mol. The van der Waals surface area contributed by atoms with Crippen molar-refractivity contribution in [1.29, 1.82) is 0 Å². The number of anilines is 1. The van der Waals surface area contributed by atoms with Crippen molar-refractivity contribution in [2.75, 3.05) is 11.1 Å². The smallest absolute Gasteiger partial charge is 0.221 e. The van der Waals surface area contributed by atoms with E-state index in [0.717, 1.165) is 29.8 Å². The third-order valence-electron chi connectivity index (χ3n) is 2.30. The highest BCUT2D eigenvalue weighted by molar-refractivity contribution is 7.84. The molecule has 1 aromatic carbocycles. The van der Waals surface area contributed by atoms with Crippen LogP contribution in [0.3, 0.4) is 0 Å². The van der Waals surface area contributed by atoms with Crippen molar-refractivity contribution in [2.24, 2.45) is 0 Å². The molecule has 0 radical (unpaired) electrons. The largest absolute Gasteiger partial charge is 0.326 e. The van der Waals surface area contributed by atoms with Crippen molar-refractivity contribution in [2.45, 2.75) is 32.4 Å². The van der Waals surface area contributed by atoms with Gasteiger partial charge in [-0.05, 0) is 24.1 Å². The average Bonchev–Trinajstić information content (AvgIpc) is 2.26. The normalized spacial score (nSPS) is 12.1. The van der Waals surface area contributed by atoms with Gasteiger partial charge in [0.25, 0.3) is 0 Å². The Hall–Kier alpha value is -1.16. The number of benzene rings is 1. The van der Waals surface area contributed by atoms with Gasteiger partial charge in [-0.3, -0.25) is 9.00 Å². The molecule has 0 spiro atoms. The molecule has 3 nitrogen and oxygen atoms in total. The number of rotatable bonds is 6. The van der Waals surface area contributed by atoms with Gasteiger partial charge in [0.2, 0.25) is 5.91 Å². The van der Waals surface area contributed by atoms with Crippen LogP contribution in [0.2, 0.25) is 0 Å². The Kier molecular flexibility index (Phi) is 5.91. The fraction of sp³-hybridized carbons (Fsp3) is 0.462. The van der Waals surface area contributed by atoms with E-state index in [4.69, 9.17) is 0 Å². The molecule has 0 aliphatic heterocycles. The molecule has 4 heteroatoms. The number of hydrogen-bond acceptors (Lipinski definition) is 2. The lowest BCUT2D eigenvalue weighted by Gasteiger charge is -2.05. The lowest BCUT2D eigenvalue weighted by molar-refractivity contribution is -0.114. The summed E-state index contributed by atoms with van der Waals surface area (Å²) in [6.45, 7) is 3.57. The number of carbonyl (C=O) groups excluding carboxylic acids is 1. The van der Waals surface area contributed by atoms with E-state index in [2.05, 4.69) is 12.2 Å². The maximum atomic E-state index is 11.7. The van der Waals surface area contributed by atoms with Crippen molar-refractivity contribution in [3.63, 3.8) is 0 Å². The Morgan fingerprint density at radius 3 is 2.82 bits per heavy atom. The van der Waals surface area contributed by atoms with Crippen molar-refractivity contribution >= 4 is 22.4 Å². The quantitative estimate of drug-likeness (QED) is 0.847. The minimum absolute atomic E-state index is 0.0887. The summed E-state index contributed by atoms with van der Waals surface area (Å²) in [7, 11) is -0.805. The van der Waals surface area contributed by atoms with E-state index < -0.39 is 10.8 Å². The van der Waals surface area contributed by atoms with Crippen molar-refractivity contribution in [1.82, 2.24) is 0 Å². The molecule has 1 rings (SSSR count). The lowest BCUT2D eigenvalue weighted by atomic mass is 10.2. The molecule has 1 atom stereocenters. The zero-order chi connectivity index (χ0) is 12.7. The Labute approximate surface area is 105 Å². The van der Waals surface area contributed by atoms with Gasteiger partial charge in [0.05, 0.1) is 0 Å². The minimum atomic E-state index is -0.805. The molecule has 94 valence electrons. The predicted octanol–water partition coefficient (Wildman–Crippen LogP) is 2.69. The fourth-order valence-electron chi connectivity index (χ4n) is 1.51. The second-order valence-electron chi connectivity index (χ2n) is 4.02. The van der Waals surface area contributed by atoms with Crippen LogP contribution < -0.4 is 5.32 Å². The molecular formula is C13H19NO2S. The highest BCUT2D eigenvalue weighted by atomic mass is 32.2. The molecule has 1 aromatic rings. The molecule has 1 amide bonds. The van der Waals surface area contributed by atoms with Gasteiger partial charge in [-0.25, -0.2) is 0 Å². The second-order valence-corrected chi connectivity index (χ2v) is 5.60. The van der Waals surface area contributed by atoms with Crippen LogP contribution >= 0.6 is 0 Å². The fourth-order valence-corrected chi connectivity index (χ4v) is 2.81. The van der Waals surface area contributed by atoms with Crippen LogP contribution in [-0.2, 0) is 21.3 Å². The predicted molar refractivity (Wildman–Crippen MR) is 72.4 cm³/mol. The molecule has 0 unspecified atom stereocenters. The lowest BCUT2D eigenvalue weighted by Crippen LogP contribution is -2.06. The first-order valence-electron chi connectivity index (χ1n) is 5.83. The third-order valence-corrected chi connectivity index (χ3v) is 3.70. The standard InChI is InChI=1S/C13H19NO2S/c1-3-4-8-17(16)10-12-6-5-7-13(9-12)14-11(2)15/h5-7,9H,3-4,8,10H2,1-2H3,(H,14,15)/t17-/m1/s1. The first-order chi connectivity index (χ1) is 8.11. The Morgan fingerprint density at radius 2 is 2.18 bits per heavy atom. The van der Waals surface area contributed by atoms with E-state index >= 15 is 0 Å². The van der Waals surface area contributed by atoms with E-state index in [-0.39, 0.29) is 5.91 Å². The summed E-state index contributed by atoms with van der Waals surface area (Å²) in [5.41, 5.74) is 1.77. The molecule has 0 heterocycles. The highest BCUT2D eigenvalue weighted by Crippen LogP contribution is 2.12. The number of carbonyl (C=O) groups is 1. The maximum absolute atomic E-state index is 11.7. The van der Waals surface area contributed by atoms with Gasteiger partial charge in [-0.15, -0.1) is 0 Å². The SMILES string of the molecule is CCCC[S@@](=O)Cc1cccc(NC(C)=O)c1. The summed E-state index contributed by atoms with van der Waals surface area (Å²) in [5, 5.41) is 2.72. The van der Waals surface area contributed by atoms with Gasteiger partial charge in [-0.1, -0.05) is 25.5 Å². The summed E-state index contributed by atoms with van der Waals surface area (Å²) >= 11 is 0. The summed E-state index contributed by atoms with van der Waals surface area (Å²) in [5.74, 6) is 1.23. The monoisotopic (exact) mass is 253 g/mol. The van der Waals surface area contributed by atoms with E-state index in [1.807, 2.05) is 24.3 Å². The average molecular weight is 253 g/mol. The summed E-state index contributed by atoms with van der Waals surface area (Å²) in [6.07, 6.45) is 2.07. The summed E-state index contributed by atoms with van der Waals surface area (Å²) < 4.78 is 11.7. The van der Waals surface area contributed by atoms with Crippen LogP contribution in [0.15, 0.2) is 24.3 Å². The van der Waals surface area contributed by atoms with Crippen LogP contribution in [0.4, 0.5) is 5.69 Å². The molecule has 1 N–H and O–H groups in total. The van der Waals surface area contributed by atoms with Gasteiger partial charge < -0.3 is 5.32 Å². The van der Waals surface area contributed by atoms with Crippen molar-refractivity contribution in [3.8, 4) is 0 Å². The van der Waals surface area contributed by atoms with Crippen molar-refractivity contribution in [3.05, 3.63) is 29.8 Å². The van der Waals surface area contributed by atoms with Crippen LogP contribution in [0.5, 0.6) is 0 Å². The number of hydrogen-bond donors (Lipinski definition) is 1. The molecule has 0 saturated carbocycles.